The van der Waals surface area contributed by atoms with Crippen LogP contribution in [-0.2, 0) is 19.7 Å². The maximum atomic E-state index is 12.0. The molecule has 5 nitrogen and oxygen atoms in total. The predicted molar refractivity (Wildman–Crippen MR) is 95.4 cm³/mol. The summed E-state index contributed by atoms with van der Waals surface area (Å²) < 4.78 is 6.04. The Bertz CT molecular complexity index is 880. The van der Waals surface area contributed by atoms with Crippen LogP contribution in [0.25, 0.3) is 0 Å². The van der Waals surface area contributed by atoms with Crippen LogP contribution in [0.15, 0.2) is 29.3 Å². The second-order valence-electron chi connectivity index (χ2n) is 8.68. The van der Waals surface area contributed by atoms with Crippen LogP contribution in [0, 0.1) is 17.8 Å². The molecule has 1 aliphatic carbocycles. The van der Waals surface area contributed by atoms with E-state index in [1.807, 2.05) is 6.07 Å². The molecular weight excluding hydrogens is 328 g/mol. The molecule has 5 bridgehead atoms. The van der Waals surface area contributed by atoms with E-state index in [-0.39, 0.29) is 47.3 Å². The van der Waals surface area contributed by atoms with Gasteiger partial charge < -0.3 is 9.53 Å². The Labute approximate surface area is 152 Å². The van der Waals surface area contributed by atoms with Gasteiger partial charge >= 0.3 is 5.97 Å². The molecule has 5 fully saturated rings. The summed E-state index contributed by atoms with van der Waals surface area (Å²) in [6.45, 7) is 3.69. The Kier molecular flexibility index (Phi) is 2.69. The fourth-order valence-electron chi connectivity index (χ4n) is 7.28. The van der Waals surface area contributed by atoms with E-state index < -0.39 is 0 Å². The SMILES string of the molecule is CC(=O)O[C@@H]1[C@H]2[C@H]3C[C@H]4C5=Nc6ccccc6[C@]51C[C@@H]2N4[C@@H](C)[C@@H]3C=O. The van der Waals surface area contributed by atoms with Gasteiger partial charge in [-0.15, -0.1) is 0 Å². The summed E-state index contributed by atoms with van der Waals surface area (Å²) in [4.78, 5) is 31.5. The van der Waals surface area contributed by atoms with Gasteiger partial charge in [0.2, 0.25) is 0 Å². The average molecular weight is 350 g/mol. The van der Waals surface area contributed by atoms with Crippen LogP contribution in [0.4, 0.5) is 5.69 Å². The second-order valence-corrected chi connectivity index (χ2v) is 8.68. The van der Waals surface area contributed by atoms with Gasteiger partial charge in [0.15, 0.2) is 0 Å². The molecule has 26 heavy (non-hydrogen) atoms. The molecule has 5 heteroatoms. The van der Waals surface area contributed by atoms with Crippen LogP contribution in [0.5, 0.6) is 0 Å². The topological polar surface area (TPSA) is 59.0 Å². The number of aldehydes is 1. The first-order valence-electron chi connectivity index (χ1n) is 9.66. The van der Waals surface area contributed by atoms with E-state index in [9.17, 15) is 9.59 Å². The van der Waals surface area contributed by atoms with Gasteiger partial charge in [-0.3, -0.25) is 14.7 Å². The second kappa shape index (κ2) is 4.63. The van der Waals surface area contributed by atoms with E-state index in [1.54, 1.807) is 0 Å². The first-order chi connectivity index (χ1) is 12.6. The van der Waals surface area contributed by atoms with Gasteiger partial charge in [0.05, 0.1) is 22.9 Å². The molecule has 1 unspecified atom stereocenters. The lowest BCUT2D eigenvalue weighted by Crippen LogP contribution is -2.69. The maximum Gasteiger partial charge on any atom is 0.302 e. The number of esters is 1. The fourth-order valence-corrected chi connectivity index (χ4v) is 7.28. The highest BCUT2D eigenvalue weighted by molar-refractivity contribution is 6.08. The molecule has 1 aromatic carbocycles. The van der Waals surface area contributed by atoms with E-state index in [4.69, 9.17) is 9.73 Å². The minimum atomic E-state index is -0.287. The summed E-state index contributed by atoms with van der Waals surface area (Å²) in [5.41, 5.74) is 3.15. The molecule has 5 aliphatic heterocycles. The first kappa shape index (κ1) is 15.1. The van der Waals surface area contributed by atoms with Crippen molar-refractivity contribution in [2.45, 2.75) is 56.3 Å². The smallest absolute Gasteiger partial charge is 0.302 e. The lowest BCUT2D eigenvalue weighted by Gasteiger charge is -2.60. The first-order valence-corrected chi connectivity index (χ1v) is 9.66. The molecule has 1 saturated carbocycles. The number of rotatable bonds is 2. The van der Waals surface area contributed by atoms with Crippen molar-refractivity contribution >= 4 is 23.7 Å². The molecule has 4 saturated heterocycles. The van der Waals surface area contributed by atoms with E-state index >= 15 is 0 Å². The quantitative estimate of drug-likeness (QED) is 0.606. The summed E-state index contributed by atoms with van der Waals surface area (Å²) in [5, 5.41) is 0. The fraction of sp³-hybridized carbons (Fsp3) is 0.571. The number of fused-ring (bicyclic) bond motifs is 2. The Morgan fingerprint density at radius 3 is 2.96 bits per heavy atom. The minimum Gasteiger partial charge on any atom is -0.461 e. The largest absolute Gasteiger partial charge is 0.461 e. The van der Waals surface area contributed by atoms with Crippen LogP contribution in [0.2, 0.25) is 0 Å². The van der Waals surface area contributed by atoms with Crippen LogP contribution in [0.3, 0.4) is 0 Å². The molecule has 0 amide bonds. The minimum absolute atomic E-state index is 0.0235. The average Bonchev–Trinajstić information content (AvgIpc) is 3.08. The highest BCUT2D eigenvalue weighted by Gasteiger charge is 2.75. The lowest BCUT2D eigenvalue weighted by atomic mass is 9.62. The van der Waals surface area contributed by atoms with Gasteiger partial charge in [-0.05, 0) is 37.3 Å². The van der Waals surface area contributed by atoms with Gasteiger partial charge in [0, 0.05) is 30.8 Å². The number of hydrogen-bond donors (Lipinski definition) is 0. The standard InChI is InChI=1S/C21H22N2O3/c1-10-13(9-24)12-7-16-19-21(14-5-3-4-6-15(14)22-19)8-17(23(10)16)18(12)20(21)26-11(2)25/h3-6,9-10,12-13,16-18,20H,7-8H2,1-2H3/t10-,12-,13-,16-,17-,18-,20+,21+/m0/s1. The number of carbonyl (C=O) groups is 2. The van der Waals surface area contributed by atoms with Crippen LogP contribution in [-0.4, -0.2) is 47.1 Å². The molecule has 0 aromatic heterocycles. The number of piperidine rings is 4. The zero-order chi connectivity index (χ0) is 17.8. The van der Waals surface area contributed by atoms with Crippen LogP contribution in [0.1, 0.15) is 32.3 Å². The summed E-state index contributed by atoms with van der Waals surface area (Å²) in [5.74, 6) is 0.299. The third-order valence-electron chi connectivity index (χ3n) is 7.91. The molecule has 7 rings (SSSR count). The predicted octanol–water partition coefficient (Wildman–Crippen LogP) is 2.25. The van der Waals surface area contributed by atoms with Crippen molar-refractivity contribution in [2.75, 3.05) is 0 Å². The van der Waals surface area contributed by atoms with Crippen molar-refractivity contribution in [3.05, 3.63) is 29.8 Å². The normalized spacial score (nSPS) is 48.8. The number of ether oxygens (including phenoxy) is 1. The molecular formula is C21H22N2O3. The Morgan fingerprint density at radius 2 is 2.19 bits per heavy atom. The Hall–Kier alpha value is -2.01. The monoisotopic (exact) mass is 350 g/mol. The van der Waals surface area contributed by atoms with Gasteiger partial charge in [0.25, 0.3) is 0 Å². The summed E-state index contributed by atoms with van der Waals surface area (Å²) in [7, 11) is 0. The molecule has 9 atom stereocenters. The van der Waals surface area contributed by atoms with Crippen molar-refractivity contribution < 1.29 is 14.3 Å². The Morgan fingerprint density at radius 1 is 1.38 bits per heavy atom. The molecule has 6 aliphatic rings. The molecule has 134 valence electrons. The molecule has 1 spiro atoms. The summed E-state index contributed by atoms with van der Waals surface area (Å²) in [6.07, 6.45) is 2.85. The van der Waals surface area contributed by atoms with E-state index in [1.165, 1.54) is 18.2 Å². The number of benzene rings is 1. The van der Waals surface area contributed by atoms with Gasteiger partial charge in [-0.25, -0.2) is 0 Å². The highest BCUT2D eigenvalue weighted by Crippen LogP contribution is 2.67. The van der Waals surface area contributed by atoms with Gasteiger partial charge in [0.1, 0.15) is 12.4 Å². The lowest BCUT2D eigenvalue weighted by molar-refractivity contribution is -0.159. The van der Waals surface area contributed by atoms with E-state index in [2.05, 4.69) is 30.0 Å². The van der Waals surface area contributed by atoms with Gasteiger partial charge in [-0.1, -0.05) is 18.2 Å². The zero-order valence-electron chi connectivity index (χ0n) is 15.0. The summed E-state index contributed by atoms with van der Waals surface area (Å²) in [6, 6.07) is 9.21. The molecule has 0 radical (unpaired) electrons. The summed E-state index contributed by atoms with van der Waals surface area (Å²) >= 11 is 0. The number of para-hydroxylation sites is 1. The van der Waals surface area contributed by atoms with Gasteiger partial charge in [-0.2, -0.15) is 0 Å². The van der Waals surface area contributed by atoms with Crippen molar-refractivity contribution in [2.24, 2.45) is 22.7 Å². The molecule has 0 N–H and O–H groups in total. The van der Waals surface area contributed by atoms with Crippen molar-refractivity contribution in [3.8, 4) is 0 Å². The maximum absolute atomic E-state index is 12.0. The van der Waals surface area contributed by atoms with Crippen molar-refractivity contribution in [3.63, 3.8) is 0 Å². The third-order valence-corrected chi connectivity index (χ3v) is 7.91. The Balaban J connectivity index is 1.61. The van der Waals surface area contributed by atoms with E-state index in [0.29, 0.717) is 6.04 Å². The van der Waals surface area contributed by atoms with Crippen molar-refractivity contribution in [1.82, 2.24) is 4.90 Å². The molecule has 1 aromatic rings. The zero-order valence-corrected chi connectivity index (χ0v) is 15.0. The number of nitrogens with zero attached hydrogens (tertiary/aromatic N) is 2. The number of aliphatic imine (C=N–C) groups is 1. The number of hydrogen-bond acceptors (Lipinski definition) is 5. The van der Waals surface area contributed by atoms with Crippen molar-refractivity contribution in [1.29, 1.82) is 0 Å². The van der Waals surface area contributed by atoms with Crippen LogP contribution >= 0.6 is 0 Å². The third kappa shape index (κ3) is 1.44. The number of carbonyl (C=O) groups excluding carboxylic acids is 2. The van der Waals surface area contributed by atoms with E-state index in [0.717, 1.165) is 24.8 Å². The van der Waals surface area contributed by atoms with Crippen LogP contribution < -0.4 is 0 Å². The highest BCUT2D eigenvalue weighted by atomic mass is 16.5. The molecule has 5 heterocycles.